The molecule has 12 heteroatoms. The lowest BCUT2D eigenvalue weighted by Crippen LogP contribution is -2.45. The molecule has 0 aliphatic rings. The molecule has 1 aromatic rings. The van der Waals surface area contributed by atoms with E-state index >= 15 is 0 Å². The van der Waals surface area contributed by atoms with Crippen molar-refractivity contribution in [3.8, 4) is 0 Å². The third-order valence-electron chi connectivity index (χ3n) is 3.40. The van der Waals surface area contributed by atoms with Crippen molar-refractivity contribution in [2.45, 2.75) is 38.1 Å². The number of hydrogen-bond acceptors (Lipinski definition) is 7. The zero-order valence-corrected chi connectivity index (χ0v) is 17.6. The first-order valence-corrected chi connectivity index (χ1v) is 11.8. The number of aromatic nitrogens is 2. The molecule has 1 rings (SSSR count). The molecule has 1 atom stereocenters. The smallest absolute Gasteiger partial charge is 0.304 e. The van der Waals surface area contributed by atoms with E-state index in [2.05, 4.69) is 15.1 Å². The van der Waals surface area contributed by atoms with E-state index in [0.717, 1.165) is 0 Å². The quantitative estimate of drug-likeness (QED) is 0.349. The maximum atomic E-state index is 12.5. The molecule has 1 unspecified atom stereocenters. The lowest BCUT2D eigenvalue weighted by atomic mass is 10.3. The largest absolute Gasteiger partial charge is 0.481 e. The van der Waals surface area contributed by atoms with Gasteiger partial charge < -0.3 is 10.4 Å². The number of sulfonamides is 1. The van der Waals surface area contributed by atoms with Crippen molar-refractivity contribution in [1.29, 1.82) is 0 Å². The van der Waals surface area contributed by atoms with Gasteiger partial charge in [-0.15, -0.1) is 0 Å². The van der Waals surface area contributed by atoms with Crippen LogP contribution in [0, 0.1) is 13.8 Å². The number of aryl methyl sites for hydroxylation is 2. The molecule has 0 fully saturated rings. The number of amides is 1. The summed E-state index contributed by atoms with van der Waals surface area (Å²) in [4.78, 5) is 22.5. The van der Waals surface area contributed by atoms with Gasteiger partial charge in [-0.05, 0) is 20.8 Å². The first-order chi connectivity index (χ1) is 12.1. The predicted octanol–water partition coefficient (Wildman–Crippen LogP) is 0.676. The van der Waals surface area contributed by atoms with Gasteiger partial charge in [0, 0.05) is 25.1 Å². The Morgan fingerprint density at radius 2 is 1.88 bits per heavy atom. The average molecular weight is 425 g/mol. The fourth-order valence-corrected chi connectivity index (χ4v) is 5.63. The van der Waals surface area contributed by atoms with Crippen molar-refractivity contribution in [3.05, 3.63) is 11.4 Å². The number of carbonyl (C=O) groups is 2. The maximum absolute atomic E-state index is 12.5. The lowest BCUT2D eigenvalue weighted by molar-refractivity contribution is -0.136. The molecular formula is C14H24N4O5S3. The molecular weight excluding hydrogens is 400 g/mol. The summed E-state index contributed by atoms with van der Waals surface area (Å²) in [5.41, 5.74) is 0.872. The molecule has 0 bridgehead atoms. The van der Waals surface area contributed by atoms with Crippen LogP contribution in [-0.2, 0) is 26.7 Å². The van der Waals surface area contributed by atoms with Gasteiger partial charge in [-0.1, -0.05) is 21.6 Å². The van der Waals surface area contributed by atoms with Gasteiger partial charge in [-0.25, -0.2) is 8.42 Å². The van der Waals surface area contributed by atoms with Crippen molar-refractivity contribution in [1.82, 2.24) is 19.8 Å². The minimum atomic E-state index is -3.85. The number of rotatable bonds is 11. The highest BCUT2D eigenvalue weighted by atomic mass is 33.1. The molecule has 148 valence electrons. The standard InChI is InChI=1S/C14H24N4O5S3/c1-9-13(11(3)18(4)16-9)26(22,23)17-10(2)14(21)15-6-8-25-24-7-5-12(19)20/h10,17H,5-8H2,1-4H3,(H,15,21)(H,19,20). The molecule has 3 N–H and O–H groups in total. The fraction of sp³-hybridized carbons (Fsp3) is 0.643. The second kappa shape index (κ2) is 10.2. The highest BCUT2D eigenvalue weighted by molar-refractivity contribution is 8.76. The molecule has 0 radical (unpaired) electrons. The zero-order chi connectivity index (χ0) is 19.9. The van der Waals surface area contributed by atoms with Crippen LogP contribution in [0.4, 0.5) is 0 Å². The van der Waals surface area contributed by atoms with Crippen LogP contribution in [0.5, 0.6) is 0 Å². The van der Waals surface area contributed by atoms with Gasteiger partial charge in [-0.2, -0.15) is 9.82 Å². The molecule has 0 aromatic carbocycles. The van der Waals surface area contributed by atoms with Crippen molar-refractivity contribution in [2.75, 3.05) is 18.1 Å². The van der Waals surface area contributed by atoms with E-state index in [9.17, 15) is 18.0 Å². The lowest BCUT2D eigenvalue weighted by Gasteiger charge is -2.14. The summed E-state index contributed by atoms with van der Waals surface area (Å²) in [6.45, 7) is 5.09. The van der Waals surface area contributed by atoms with Crippen molar-refractivity contribution in [3.63, 3.8) is 0 Å². The first kappa shape index (κ1) is 22.8. The molecule has 26 heavy (non-hydrogen) atoms. The second-order valence-electron chi connectivity index (χ2n) is 5.55. The summed E-state index contributed by atoms with van der Waals surface area (Å²) in [6, 6.07) is -0.927. The topological polar surface area (TPSA) is 130 Å². The Morgan fingerprint density at radius 3 is 2.42 bits per heavy atom. The Kier molecular flexibility index (Phi) is 8.93. The Morgan fingerprint density at radius 1 is 1.27 bits per heavy atom. The van der Waals surface area contributed by atoms with Crippen LogP contribution in [-0.4, -0.2) is 59.3 Å². The number of carboxylic acid groups (broad SMARTS) is 1. The Hall–Kier alpha value is -1.24. The first-order valence-electron chi connectivity index (χ1n) is 7.82. The van der Waals surface area contributed by atoms with Crippen molar-refractivity contribution in [2.24, 2.45) is 7.05 Å². The van der Waals surface area contributed by atoms with E-state index in [1.165, 1.54) is 33.2 Å². The average Bonchev–Trinajstić information content (AvgIpc) is 2.78. The van der Waals surface area contributed by atoms with Gasteiger partial charge >= 0.3 is 5.97 Å². The van der Waals surface area contributed by atoms with Crippen LogP contribution in [0.3, 0.4) is 0 Å². The number of carbonyl (C=O) groups excluding carboxylic acids is 1. The molecule has 1 heterocycles. The molecule has 0 saturated heterocycles. The monoisotopic (exact) mass is 424 g/mol. The van der Waals surface area contributed by atoms with E-state index in [1.807, 2.05) is 0 Å². The summed E-state index contributed by atoms with van der Waals surface area (Å²) < 4.78 is 28.9. The van der Waals surface area contributed by atoms with Gasteiger partial charge in [0.05, 0.1) is 23.9 Å². The summed E-state index contributed by atoms with van der Waals surface area (Å²) >= 11 is 0. The third-order valence-corrected chi connectivity index (χ3v) is 7.60. The van der Waals surface area contributed by atoms with E-state index in [-0.39, 0.29) is 11.3 Å². The van der Waals surface area contributed by atoms with Gasteiger partial charge in [0.25, 0.3) is 0 Å². The molecule has 0 aliphatic heterocycles. The minimum Gasteiger partial charge on any atom is -0.481 e. The molecule has 0 spiro atoms. The van der Waals surface area contributed by atoms with Crippen LogP contribution in [0.25, 0.3) is 0 Å². The van der Waals surface area contributed by atoms with Gasteiger partial charge in [0.15, 0.2) is 0 Å². The van der Waals surface area contributed by atoms with Gasteiger partial charge in [0.1, 0.15) is 4.90 Å². The Labute approximate surface area is 161 Å². The van der Waals surface area contributed by atoms with E-state index in [4.69, 9.17) is 5.11 Å². The normalized spacial score (nSPS) is 12.8. The number of nitrogens with zero attached hydrogens (tertiary/aromatic N) is 2. The van der Waals surface area contributed by atoms with Crippen molar-refractivity contribution >= 4 is 43.5 Å². The van der Waals surface area contributed by atoms with Crippen LogP contribution in [0.1, 0.15) is 24.7 Å². The van der Waals surface area contributed by atoms with Gasteiger partial charge in [0.2, 0.25) is 15.9 Å². The van der Waals surface area contributed by atoms with E-state index < -0.39 is 27.9 Å². The van der Waals surface area contributed by atoms with E-state index in [0.29, 0.717) is 29.4 Å². The van der Waals surface area contributed by atoms with Crippen LogP contribution < -0.4 is 10.0 Å². The Bertz CT molecular complexity index is 748. The maximum Gasteiger partial charge on any atom is 0.304 e. The summed E-state index contributed by atoms with van der Waals surface area (Å²) in [7, 11) is 0.674. The molecule has 1 aromatic heterocycles. The SMILES string of the molecule is Cc1nn(C)c(C)c1S(=O)(=O)NC(C)C(=O)NCCSSCCC(=O)O. The second-order valence-corrected chi connectivity index (χ2v) is 9.90. The summed E-state index contributed by atoms with van der Waals surface area (Å²) in [5.74, 6) is -0.180. The minimum absolute atomic E-state index is 0.0880. The number of aliphatic carboxylic acids is 1. The number of carboxylic acids is 1. The molecule has 9 nitrogen and oxygen atoms in total. The zero-order valence-electron chi connectivity index (χ0n) is 15.1. The highest BCUT2D eigenvalue weighted by Gasteiger charge is 2.27. The van der Waals surface area contributed by atoms with Crippen LogP contribution in [0.15, 0.2) is 4.90 Å². The molecule has 1 amide bonds. The number of hydrogen-bond donors (Lipinski definition) is 3. The third kappa shape index (κ3) is 6.82. The van der Waals surface area contributed by atoms with Crippen LogP contribution in [0.2, 0.25) is 0 Å². The molecule has 0 aliphatic carbocycles. The summed E-state index contributed by atoms with van der Waals surface area (Å²) in [5, 5.41) is 15.3. The highest BCUT2D eigenvalue weighted by Crippen LogP contribution is 2.21. The fourth-order valence-electron chi connectivity index (χ4n) is 2.10. The summed E-state index contributed by atoms with van der Waals surface area (Å²) in [6.07, 6.45) is 0.0933. The van der Waals surface area contributed by atoms with Crippen LogP contribution >= 0.6 is 21.6 Å². The molecule has 0 saturated carbocycles. The Balaban J connectivity index is 2.45. The van der Waals surface area contributed by atoms with E-state index in [1.54, 1.807) is 20.9 Å². The predicted molar refractivity (Wildman–Crippen MR) is 103 cm³/mol. The van der Waals surface area contributed by atoms with Crippen molar-refractivity contribution < 1.29 is 23.1 Å². The number of nitrogens with one attached hydrogen (secondary N) is 2. The van der Waals surface area contributed by atoms with Gasteiger partial charge in [-0.3, -0.25) is 14.3 Å².